The van der Waals surface area contributed by atoms with Gasteiger partial charge in [-0.25, -0.2) is 4.79 Å². The second-order valence-electron chi connectivity index (χ2n) is 6.37. The van der Waals surface area contributed by atoms with Crippen molar-refractivity contribution in [3.63, 3.8) is 0 Å². The highest BCUT2D eigenvalue weighted by atomic mass is 16.6. The highest BCUT2D eigenvalue weighted by molar-refractivity contribution is 5.82. The maximum Gasteiger partial charge on any atom is 0.340 e. The number of carbonyl (C=O) groups excluding carboxylic acids is 1. The lowest BCUT2D eigenvalue weighted by Crippen LogP contribution is -2.27. The van der Waals surface area contributed by atoms with Gasteiger partial charge in [-0.15, -0.1) is 0 Å². The Labute approximate surface area is 128 Å². The van der Waals surface area contributed by atoms with E-state index in [9.17, 15) is 4.79 Å². The molecule has 0 N–H and O–H groups in total. The highest BCUT2D eigenvalue weighted by Gasteiger charge is 2.52. The second kappa shape index (κ2) is 8.74. The van der Waals surface area contributed by atoms with Gasteiger partial charge < -0.3 is 14.2 Å². The first-order valence-electron chi connectivity index (χ1n) is 8.66. The van der Waals surface area contributed by atoms with Crippen LogP contribution >= 0.6 is 0 Å². The van der Waals surface area contributed by atoms with Gasteiger partial charge >= 0.3 is 5.97 Å². The van der Waals surface area contributed by atoms with Crippen molar-refractivity contribution in [3.05, 3.63) is 0 Å². The minimum atomic E-state index is -0.613. The summed E-state index contributed by atoms with van der Waals surface area (Å²) in [6.45, 7) is 4.46. The molecule has 1 unspecified atom stereocenters. The van der Waals surface area contributed by atoms with Crippen LogP contribution in [-0.4, -0.2) is 38.0 Å². The predicted molar refractivity (Wildman–Crippen MR) is 81.2 cm³/mol. The molecule has 0 aromatic heterocycles. The van der Waals surface area contributed by atoms with Gasteiger partial charge in [0.25, 0.3) is 0 Å². The molecular weight excluding hydrogens is 268 g/mol. The Bertz CT molecular complexity index is 306. The van der Waals surface area contributed by atoms with Crippen molar-refractivity contribution in [1.29, 1.82) is 0 Å². The van der Waals surface area contributed by atoms with Gasteiger partial charge in [0.2, 0.25) is 0 Å². The van der Waals surface area contributed by atoms with Crippen molar-refractivity contribution in [2.75, 3.05) is 26.4 Å². The van der Waals surface area contributed by atoms with E-state index in [1.807, 2.05) is 6.92 Å². The van der Waals surface area contributed by atoms with Gasteiger partial charge in [0, 0.05) is 13.2 Å². The van der Waals surface area contributed by atoms with E-state index in [2.05, 4.69) is 0 Å². The third-order valence-corrected chi connectivity index (χ3v) is 4.65. The maximum atomic E-state index is 11.7. The van der Waals surface area contributed by atoms with Crippen LogP contribution in [0.4, 0.5) is 0 Å². The van der Waals surface area contributed by atoms with Crippen LogP contribution in [0.5, 0.6) is 0 Å². The molecule has 0 spiro atoms. The van der Waals surface area contributed by atoms with Gasteiger partial charge in [0.1, 0.15) is 0 Å². The van der Waals surface area contributed by atoms with E-state index in [1.165, 1.54) is 38.5 Å². The van der Waals surface area contributed by atoms with E-state index in [1.54, 1.807) is 0 Å². The SMILES string of the molecule is CCOC(=O)C1(CCCCOCCC2CCCCC2)CO1. The predicted octanol–water partition coefficient (Wildman–Crippen LogP) is 3.48. The zero-order valence-electron chi connectivity index (χ0n) is 13.4. The van der Waals surface area contributed by atoms with Gasteiger partial charge in [0.05, 0.1) is 13.2 Å². The minimum absolute atomic E-state index is 0.191. The number of hydrogen-bond acceptors (Lipinski definition) is 4. The number of ether oxygens (including phenoxy) is 3. The zero-order chi connectivity index (χ0) is 15.0. The summed E-state index contributed by atoms with van der Waals surface area (Å²) < 4.78 is 16.1. The van der Waals surface area contributed by atoms with Crippen LogP contribution in [-0.2, 0) is 19.0 Å². The number of carbonyl (C=O) groups is 1. The zero-order valence-corrected chi connectivity index (χ0v) is 13.4. The molecule has 1 heterocycles. The summed E-state index contributed by atoms with van der Waals surface area (Å²) in [7, 11) is 0. The number of hydrogen-bond donors (Lipinski definition) is 0. The molecule has 0 aromatic rings. The standard InChI is InChI=1S/C17H30O4/c1-2-20-16(18)17(14-21-17)11-6-7-12-19-13-10-15-8-4-3-5-9-15/h15H,2-14H2,1H3. The molecule has 2 fully saturated rings. The Balaban J connectivity index is 1.44. The summed E-state index contributed by atoms with van der Waals surface area (Å²) in [6, 6.07) is 0. The molecule has 1 saturated heterocycles. The Morgan fingerprint density at radius 3 is 2.62 bits per heavy atom. The van der Waals surface area contributed by atoms with Crippen molar-refractivity contribution in [2.24, 2.45) is 5.92 Å². The molecule has 0 aromatic carbocycles. The fourth-order valence-corrected chi connectivity index (χ4v) is 3.16. The average Bonchev–Trinajstić information content (AvgIpc) is 3.29. The van der Waals surface area contributed by atoms with Gasteiger partial charge in [-0.05, 0) is 38.5 Å². The first kappa shape index (κ1) is 16.8. The van der Waals surface area contributed by atoms with Crippen LogP contribution in [0.3, 0.4) is 0 Å². The molecule has 1 atom stereocenters. The van der Waals surface area contributed by atoms with Gasteiger partial charge in [-0.3, -0.25) is 0 Å². The van der Waals surface area contributed by atoms with Crippen LogP contribution in [0.2, 0.25) is 0 Å². The van der Waals surface area contributed by atoms with Gasteiger partial charge in [-0.2, -0.15) is 0 Å². The summed E-state index contributed by atoms with van der Waals surface area (Å²) >= 11 is 0. The topological polar surface area (TPSA) is 48.1 Å². The van der Waals surface area contributed by atoms with Crippen LogP contribution < -0.4 is 0 Å². The van der Waals surface area contributed by atoms with E-state index in [0.717, 1.165) is 38.4 Å². The van der Waals surface area contributed by atoms with Crippen molar-refractivity contribution >= 4 is 5.97 Å². The first-order chi connectivity index (χ1) is 10.3. The molecule has 1 aliphatic carbocycles. The summed E-state index contributed by atoms with van der Waals surface area (Å²) in [5.74, 6) is 0.703. The summed E-state index contributed by atoms with van der Waals surface area (Å²) in [5.41, 5.74) is -0.613. The third-order valence-electron chi connectivity index (χ3n) is 4.65. The van der Waals surface area contributed by atoms with Crippen molar-refractivity contribution in [3.8, 4) is 0 Å². The molecular formula is C17H30O4. The van der Waals surface area contributed by atoms with E-state index in [-0.39, 0.29) is 5.97 Å². The normalized spacial score (nSPS) is 25.8. The molecule has 21 heavy (non-hydrogen) atoms. The van der Waals surface area contributed by atoms with Crippen LogP contribution in [0, 0.1) is 5.92 Å². The molecule has 2 rings (SSSR count). The quantitative estimate of drug-likeness (QED) is 0.352. The Morgan fingerprint density at radius 2 is 1.95 bits per heavy atom. The number of epoxide rings is 1. The molecule has 2 aliphatic rings. The van der Waals surface area contributed by atoms with E-state index >= 15 is 0 Å². The summed E-state index contributed by atoms with van der Waals surface area (Å²) in [5, 5.41) is 0. The Morgan fingerprint density at radius 1 is 1.19 bits per heavy atom. The minimum Gasteiger partial charge on any atom is -0.464 e. The highest BCUT2D eigenvalue weighted by Crippen LogP contribution is 2.34. The van der Waals surface area contributed by atoms with E-state index in [4.69, 9.17) is 14.2 Å². The maximum absolute atomic E-state index is 11.7. The monoisotopic (exact) mass is 298 g/mol. The number of rotatable bonds is 10. The number of unbranched alkanes of at least 4 members (excludes halogenated alkanes) is 1. The molecule has 4 nitrogen and oxygen atoms in total. The van der Waals surface area contributed by atoms with Crippen LogP contribution in [0.15, 0.2) is 0 Å². The van der Waals surface area contributed by atoms with E-state index in [0.29, 0.717) is 13.2 Å². The lowest BCUT2D eigenvalue weighted by Gasteiger charge is -2.21. The van der Waals surface area contributed by atoms with Crippen LogP contribution in [0.25, 0.3) is 0 Å². The Hall–Kier alpha value is -0.610. The average molecular weight is 298 g/mol. The van der Waals surface area contributed by atoms with Crippen molar-refractivity contribution in [1.82, 2.24) is 0 Å². The van der Waals surface area contributed by atoms with Crippen molar-refractivity contribution in [2.45, 2.75) is 70.3 Å². The Kier molecular flexibility index (Phi) is 6.97. The molecule has 122 valence electrons. The number of esters is 1. The molecule has 0 radical (unpaired) electrons. The van der Waals surface area contributed by atoms with Gasteiger partial charge in [-0.1, -0.05) is 32.1 Å². The molecule has 0 amide bonds. The first-order valence-corrected chi connectivity index (χ1v) is 8.66. The fraction of sp³-hybridized carbons (Fsp3) is 0.941. The molecule has 4 heteroatoms. The fourth-order valence-electron chi connectivity index (χ4n) is 3.16. The molecule has 1 saturated carbocycles. The van der Waals surface area contributed by atoms with Crippen molar-refractivity contribution < 1.29 is 19.0 Å². The molecule has 0 bridgehead atoms. The lowest BCUT2D eigenvalue weighted by molar-refractivity contribution is -0.149. The van der Waals surface area contributed by atoms with Gasteiger partial charge in [0.15, 0.2) is 5.60 Å². The smallest absolute Gasteiger partial charge is 0.340 e. The van der Waals surface area contributed by atoms with E-state index < -0.39 is 5.60 Å². The third kappa shape index (κ3) is 5.59. The lowest BCUT2D eigenvalue weighted by atomic mass is 9.87. The second-order valence-corrected chi connectivity index (χ2v) is 6.37. The van der Waals surface area contributed by atoms with Crippen LogP contribution in [0.1, 0.15) is 64.7 Å². The largest absolute Gasteiger partial charge is 0.464 e. The summed E-state index contributed by atoms with van der Waals surface area (Å²) in [6.07, 6.45) is 10.9. The summed E-state index contributed by atoms with van der Waals surface area (Å²) in [4.78, 5) is 11.7. The molecule has 1 aliphatic heterocycles.